The van der Waals surface area contributed by atoms with Crippen LogP contribution in [0.1, 0.15) is 30.9 Å². The van der Waals surface area contributed by atoms with Gasteiger partial charge in [-0.1, -0.05) is 31.5 Å². The molecule has 0 bridgehead atoms. The molecule has 0 spiro atoms. The third kappa shape index (κ3) is 4.34. The Balaban J connectivity index is 1.85. The number of nitrogens with zero attached hydrogens (tertiary/aromatic N) is 1. The summed E-state index contributed by atoms with van der Waals surface area (Å²) in [5, 5.41) is 0. The molecule has 0 aliphatic carbocycles. The van der Waals surface area contributed by atoms with E-state index in [0.717, 1.165) is 12.8 Å². The quantitative estimate of drug-likeness (QED) is 0.413. The van der Waals surface area contributed by atoms with Crippen molar-refractivity contribution >= 4 is 17.9 Å². The average molecular weight is 369 g/mol. The van der Waals surface area contributed by atoms with Crippen LogP contribution in [0.2, 0.25) is 0 Å². The van der Waals surface area contributed by atoms with Gasteiger partial charge in [-0.25, -0.2) is 14.2 Å². The Kier molecular flexibility index (Phi) is 5.86. The Morgan fingerprint density at radius 3 is 2.74 bits per heavy atom. The van der Waals surface area contributed by atoms with Crippen molar-refractivity contribution in [1.29, 1.82) is 0 Å². The number of hydrogen-bond donors (Lipinski definition) is 0. The third-order valence-electron chi connectivity index (χ3n) is 3.97. The van der Waals surface area contributed by atoms with Crippen LogP contribution in [-0.2, 0) is 9.53 Å². The van der Waals surface area contributed by atoms with Gasteiger partial charge in [-0.2, -0.15) is 0 Å². The summed E-state index contributed by atoms with van der Waals surface area (Å²) in [5.74, 6) is 0.0228. The van der Waals surface area contributed by atoms with E-state index in [1.807, 2.05) is 0 Å². The molecular weight excluding hydrogens is 349 g/mol. The summed E-state index contributed by atoms with van der Waals surface area (Å²) >= 11 is 0. The van der Waals surface area contributed by atoms with E-state index in [9.17, 15) is 9.18 Å². The first-order valence-electron chi connectivity index (χ1n) is 8.70. The predicted octanol–water partition coefficient (Wildman–Crippen LogP) is 4.36. The Labute approximate surface area is 157 Å². The maximum Gasteiger partial charge on any atom is 0.363 e. The van der Waals surface area contributed by atoms with E-state index in [-0.39, 0.29) is 17.2 Å². The van der Waals surface area contributed by atoms with E-state index < -0.39 is 11.8 Å². The molecule has 1 aliphatic heterocycles. The van der Waals surface area contributed by atoms with Crippen LogP contribution in [0, 0.1) is 5.82 Å². The Hall–Kier alpha value is -3.15. The molecule has 0 atom stereocenters. The highest BCUT2D eigenvalue weighted by Gasteiger charge is 2.26. The summed E-state index contributed by atoms with van der Waals surface area (Å²) in [6.45, 7) is 2.70. The van der Waals surface area contributed by atoms with Gasteiger partial charge in [0.15, 0.2) is 17.2 Å². The van der Waals surface area contributed by atoms with Gasteiger partial charge in [0, 0.05) is 0 Å². The fourth-order valence-electron chi connectivity index (χ4n) is 2.54. The molecule has 2 aromatic carbocycles. The molecule has 0 unspecified atom stereocenters. The molecule has 5 nitrogen and oxygen atoms in total. The topological polar surface area (TPSA) is 57.1 Å². The lowest BCUT2D eigenvalue weighted by Crippen LogP contribution is -2.07. The highest BCUT2D eigenvalue weighted by molar-refractivity contribution is 6.12. The van der Waals surface area contributed by atoms with Gasteiger partial charge in [0.1, 0.15) is 5.82 Å². The summed E-state index contributed by atoms with van der Waals surface area (Å²) < 4.78 is 30.0. The Morgan fingerprint density at radius 1 is 1.19 bits per heavy atom. The fraction of sp³-hybridized carbons (Fsp3) is 0.238. The molecule has 1 aliphatic rings. The van der Waals surface area contributed by atoms with Crippen molar-refractivity contribution in [2.45, 2.75) is 19.8 Å². The third-order valence-corrected chi connectivity index (χ3v) is 3.97. The smallest absolute Gasteiger partial charge is 0.363 e. The van der Waals surface area contributed by atoms with E-state index in [1.165, 1.54) is 12.1 Å². The largest absolute Gasteiger partial charge is 0.493 e. The zero-order valence-electron chi connectivity index (χ0n) is 15.2. The second-order valence-corrected chi connectivity index (χ2v) is 5.93. The molecular formula is C21H20FNO4. The maximum atomic E-state index is 13.9. The number of unbranched alkanes of at least 4 members (excludes halogenated alkanes) is 1. The number of hydrogen-bond acceptors (Lipinski definition) is 5. The minimum atomic E-state index is -0.629. The number of benzene rings is 2. The Morgan fingerprint density at radius 2 is 2.00 bits per heavy atom. The first kappa shape index (κ1) is 18.6. The van der Waals surface area contributed by atoms with Crippen molar-refractivity contribution < 1.29 is 23.4 Å². The number of carbonyl (C=O) groups excluding carboxylic acids is 1. The molecule has 2 aromatic rings. The van der Waals surface area contributed by atoms with Crippen molar-refractivity contribution in [1.82, 2.24) is 0 Å². The van der Waals surface area contributed by atoms with Crippen LogP contribution < -0.4 is 9.47 Å². The molecule has 0 radical (unpaired) electrons. The monoisotopic (exact) mass is 369 g/mol. The molecule has 140 valence electrons. The van der Waals surface area contributed by atoms with Gasteiger partial charge in [0.2, 0.25) is 5.90 Å². The normalized spacial score (nSPS) is 14.9. The molecule has 1 heterocycles. The van der Waals surface area contributed by atoms with Gasteiger partial charge in [0.25, 0.3) is 0 Å². The molecule has 27 heavy (non-hydrogen) atoms. The second kappa shape index (κ2) is 8.49. The van der Waals surface area contributed by atoms with Crippen molar-refractivity contribution in [2.24, 2.45) is 4.99 Å². The van der Waals surface area contributed by atoms with Crippen LogP contribution in [0.5, 0.6) is 11.5 Å². The van der Waals surface area contributed by atoms with E-state index in [4.69, 9.17) is 14.2 Å². The minimum absolute atomic E-state index is 0.0455. The summed E-state index contributed by atoms with van der Waals surface area (Å²) in [5.41, 5.74) is 0.932. The first-order valence-corrected chi connectivity index (χ1v) is 8.70. The minimum Gasteiger partial charge on any atom is -0.493 e. The van der Waals surface area contributed by atoms with Gasteiger partial charge in [0.05, 0.1) is 19.3 Å². The van der Waals surface area contributed by atoms with Gasteiger partial charge >= 0.3 is 5.97 Å². The molecule has 0 amide bonds. The SMILES string of the molecule is CCCCOc1ccc(/C=C2\N=C(c3ccccc3F)OC2=O)cc1OC. The highest BCUT2D eigenvalue weighted by Crippen LogP contribution is 2.30. The van der Waals surface area contributed by atoms with E-state index in [0.29, 0.717) is 23.7 Å². The number of rotatable bonds is 7. The van der Waals surface area contributed by atoms with E-state index in [2.05, 4.69) is 11.9 Å². The highest BCUT2D eigenvalue weighted by atomic mass is 19.1. The number of esters is 1. The number of halogens is 1. The fourth-order valence-corrected chi connectivity index (χ4v) is 2.54. The van der Waals surface area contributed by atoms with Gasteiger partial charge in [-0.15, -0.1) is 0 Å². The Bertz CT molecular complexity index is 905. The maximum absolute atomic E-state index is 13.9. The summed E-state index contributed by atoms with van der Waals surface area (Å²) in [6, 6.07) is 11.3. The lowest BCUT2D eigenvalue weighted by molar-refractivity contribution is -0.129. The van der Waals surface area contributed by atoms with Gasteiger partial charge in [-0.05, 0) is 42.3 Å². The van der Waals surface area contributed by atoms with Crippen molar-refractivity contribution in [3.63, 3.8) is 0 Å². The van der Waals surface area contributed by atoms with E-state index in [1.54, 1.807) is 43.5 Å². The number of aliphatic imine (C=N–C) groups is 1. The van der Waals surface area contributed by atoms with Gasteiger partial charge in [-0.3, -0.25) is 0 Å². The standard InChI is InChI=1S/C21H20FNO4/c1-3-4-11-26-18-10-9-14(13-19(18)25-2)12-17-21(24)27-20(23-17)15-7-5-6-8-16(15)22/h5-10,12-13H,3-4,11H2,1-2H3/b17-12-. The number of methoxy groups -OCH3 is 1. The summed E-state index contributed by atoms with van der Waals surface area (Å²) in [4.78, 5) is 16.2. The molecule has 0 saturated carbocycles. The van der Waals surface area contributed by atoms with Crippen LogP contribution >= 0.6 is 0 Å². The summed E-state index contributed by atoms with van der Waals surface area (Å²) in [6.07, 6.45) is 3.56. The lowest BCUT2D eigenvalue weighted by Gasteiger charge is -2.10. The van der Waals surface area contributed by atoms with Crippen molar-refractivity contribution in [3.8, 4) is 11.5 Å². The molecule has 0 N–H and O–H groups in total. The summed E-state index contributed by atoms with van der Waals surface area (Å²) in [7, 11) is 1.55. The number of cyclic esters (lactones) is 1. The number of carbonyl (C=O) groups is 1. The zero-order valence-corrected chi connectivity index (χ0v) is 15.2. The van der Waals surface area contributed by atoms with Crippen molar-refractivity contribution in [3.05, 3.63) is 65.1 Å². The van der Waals surface area contributed by atoms with Gasteiger partial charge < -0.3 is 14.2 Å². The zero-order chi connectivity index (χ0) is 19.2. The van der Waals surface area contributed by atoms with Crippen LogP contribution in [0.4, 0.5) is 4.39 Å². The molecule has 0 aromatic heterocycles. The van der Waals surface area contributed by atoms with Crippen LogP contribution in [0.15, 0.2) is 53.2 Å². The van der Waals surface area contributed by atoms with Crippen molar-refractivity contribution in [2.75, 3.05) is 13.7 Å². The molecule has 6 heteroatoms. The number of ether oxygens (including phenoxy) is 3. The van der Waals surface area contributed by atoms with Crippen LogP contribution in [0.25, 0.3) is 6.08 Å². The first-order chi connectivity index (χ1) is 13.1. The van der Waals surface area contributed by atoms with E-state index >= 15 is 0 Å². The average Bonchev–Trinajstić information content (AvgIpc) is 3.03. The van der Waals surface area contributed by atoms with Crippen LogP contribution in [0.3, 0.4) is 0 Å². The predicted molar refractivity (Wildman–Crippen MR) is 100 cm³/mol. The molecule has 0 saturated heterocycles. The molecule has 3 rings (SSSR count). The molecule has 0 fully saturated rings. The van der Waals surface area contributed by atoms with Crippen LogP contribution in [-0.4, -0.2) is 25.6 Å². The lowest BCUT2D eigenvalue weighted by atomic mass is 10.1. The second-order valence-electron chi connectivity index (χ2n) is 5.93.